The lowest BCUT2D eigenvalue weighted by Gasteiger charge is -2.05. The molecule has 0 fully saturated rings. The van der Waals surface area contributed by atoms with E-state index in [0.29, 0.717) is 17.0 Å². The largest absolute Gasteiger partial charge is 0.495 e. The first kappa shape index (κ1) is 9.28. The number of hydrogen-bond acceptors (Lipinski definition) is 4. The molecule has 0 aliphatic heterocycles. The van der Waals surface area contributed by atoms with Crippen molar-refractivity contribution in [2.24, 2.45) is 0 Å². The minimum absolute atomic E-state index is 0.520. The minimum atomic E-state index is 0.520. The van der Waals surface area contributed by atoms with Gasteiger partial charge in [-0.1, -0.05) is 0 Å². The van der Waals surface area contributed by atoms with Crippen LogP contribution in [0.15, 0.2) is 24.4 Å². The molecule has 0 saturated carbocycles. The van der Waals surface area contributed by atoms with Crippen LogP contribution in [-0.2, 0) is 0 Å². The van der Waals surface area contributed by atoms with E-state index in [1.54, 1.807) is 25.3 Å². The van der Waals surface area contributed by atoms with E-state index in [0.717, 1.165) is 10.9 Å². The highest BCUT2D eigenvalue weighted by Gasteiger charge is 2.03. The van der Waals surface area contributed by atoms with Gasteiger partial charge < -0.3 is 10.5 Å². The van der Waals surface area contributed by atoms with Crippen LogP contribution in [0.5, 0.6) is 5.75 Å². The highest BCUT2D eigenvalue weighted by atomic mass is 16.5. The fourth-order valence-corrected chi connectivity index (χ4v) is 1.41. The van der Waals surface area contributed by atoms with E-state index in [1.165, 1.54) is 6.20 Å². The molecule has 0 atom stereocenters. The number of ether oxygens (including phenoxy) is 1. The lowest BCUT2D eigenvalue weighted by molar-refractivity contribution is 0.417. The van der Waals surface area contributed by atoms with Gasteiger partial charge in [-0.2, -0.15) is 5.26 Å². The van der Waals surface area contributed by atoms with Crippen molar-refractivity contribution in [1.29, 1.82) is 5.26 Å². The van der Waals surface area contributed by atoms with Crippen LogP contribution >= 0.6 is 0 Å². The van der Waals surface area contributed by atoms with Crippen molar-refractivity contribution in [3.63, 3.8) is 0 Å². The first-order chi connectivity index (χ1) is 7.24. The van der Waals surface area contributed by atoms with Crippen molar-refractivity contribution in [3.05, 3.63) is 30.0 Å². The fourth-order valence-electron chi connectivity index (χ4n) is 1.41. The number of nitrogen functional groups attached to an aromatic ring is 1. The number of nitrogens with two attached hydrogens (primary N) is 1. The summed E-state index contributed by atoms with van der Waals surface area (Å²) in [6, 6.07) is 7.29. The van der Waals surface area contributed by atoms with Crippen molar-refractivity contribution >= 4 is 16.6 Å². The molecule has 2 rings (SSSR count). The van der Waals surface area contributed by atoms with E-state index in [2.05, 4.69) is 4.98 Å². The van der Waals surface area contributed by atoms with E-state index >= 15 is 0 Å². The molecule has 1 aromatic heterocycles. The summed E-state index contributed by atoms with van der Waals surface area (Å²) in [5.74, 6) is 0.597. The average Bonchev–Trinajstić information content (AvgIpc) is 2.27. The second kappa shape index (κ2) is 3.46. The van der Waals surface area contributed by atoms with Gasteiger partial charge in [0.05, 0.1) is 23.9 Å². The molecule has 2 N–H and O–H groups in total. The predicted octanol–water partition coefficient (Wildman–Crippen LogP) is 1.70. The molecule has 2 aromatic rings. The van der Waals surface area contributed by atoms with Gasteiger partial charge in [0, 0.05) is 17.6 Å². The molecule has 0 unspecified atom stereocenters. The number of methoxy groups -OCH3 is 1. The summed E-state index contributed by atoms with van der Waals surface area (Å²) in [4.78, 5) is 4.14. The Bertz CT molecular complexity index is 557. The number of nitrogens with zero attached hydrogens (tertiary/aromatic N) is 2. The van der Waals surface area contributed by atoms with Crippen LogP contribution in [0.2, 0.25) is 0 Å². The number of benzene rings is 1. The molecule has 0 radical (unpaired) electrons. The molecule has 1 heterocycles. The first-order valence-electron chi connectivity index (χ1n) is 4.38. The van der Waals surface area contributed by atoms with Crippen LogP contribution < -0.4 is 10.5 Å². The van der Waals surface area contributed by atoms with Gasteiger partial charge in [0.15, 0.2) is 0 Å². The summed E-state index contributed by atoms with van der Waals surface area (Å²) in [6.45, 7) is 0. The molecule has 0 amide bonds. The molecule has 1 aromatic carbocycles. The van der Waals surface area contributed by atoms with E-state index in [1.807, 2.05) is 6.07 Å². The van der Waals surface area contributed by atoms with E-state index in [4.69, 9.17) is 15.7 Å². The van der Waals surface area contributed by atoms with Gasteiger partial charge in [0.2, 0.25) is 0 Å². The predicted molar refractivity (Wildman–Crippen MR) is 57.4 cm³/mol. The summed E-state index contributed by atoms with van der Waals surface area (Å²) < 4.78 is 5.08. The summed E-state index contributed by atoms with van der Waals surface area (Å²) in [6.07, 6.45) is 1.53. The second-order valence-electron chi connectivity index (χ2n) is 3.12. The van der Waals surface area contributed by atoms with Crippen LogP contribution in [0.25, 0.3) is 10.9 Å². The van der Waals surface area contributed by atoms with Gasteiger partial charge in [-0.05, 0) is 12.1 Å². The van der Waals surface area contributed by atoms with E-state index < -0.39 is 0 Å². The molecule has 4 nitrogen and oxygen atoms in total. The Morgan fingerprint density at radius 1 is 1.40 bits per heavy atom. The Morgan fingerprint density at radius 3 is 2.87 bits per heavy atom. The number of aromatic nitrogens is 1. The Kier molecular flexibility index (Phi) is 2.14. The number of anilines is 1. The molecule has 0 spiro atoms. The van der Waals surface area contributed by atoms with Crippen LogP contribution in [0.3, 0.4) is 0 Å². The van der Waals surface area contributed by atoms with Crippen LogP contribution in [0, 0.1) is 11.3 Å². The van der Waals surface area contributed by atoms with Crippen molar-refractivity contribution in [2.45, 2.75) is 0 Å². The number of nitriles is 1. The Morgan fingerprint density at radius 2 is 2.20 bits per heavy atom. The second-order valence-corrected chi connectivity index (χ2v) is 3.12. The molecule has 0 aliphatic carbocycles. The van der Waals surface area contributed by atoms with Crippen LogP contribution in [0.4, 0.5) is 5.69 Å². The summed E-state index contributed by atoms with van der Waals surface area (Å²) in [5, 5.41) is 9.56. The number of hydrogen-bond donors (Lipinski definition) is 1. The molecule has 4 heteroatoms. The van der Waals surface area contributed by atoms with Gasteiger partial charge in [0.1, 0.15) is 11.8 Å². The van der Waals surface area contributed by atoms with Gasteiger partial charge in [0.25, 0.3) is 0 Å². The van der Waals surface area contributed by atoms with Crippen molar-refractivity contribution < 1.29 is 4.74 Å². The van der Waals surface area contributed by atoms with Crippen LogP contribution in [0.1, 0.15) is 5.56 Å². The zero-order valence-electron chi connectivity index (χ0n) is 8.19. The monoisotopic (exact) mass is 199 g/mol. The maximum Gasteiger partial charge on any atom is 0.143 e. The lowest BCUT2D eigenvalue weighted by atomic mass is 10.1. The summed E-state index contributed by atoms with van der Waals surface area (Å²) >= 11 is 0. The Hall–Kier alpha value is -2.28. The molecule has 0 aliphatic rings. The number of pyridine rings is 1. The first-order valence-corrected chi connectivity index (χ1v) is 4.38. The van der Waals surface area contributed by atoms with E-state index in [-0.39, 0.29) is 0 Å². The fraction of sp³-hybridized carbons (Fsp3) is 0.0909. The molecule has 74 valence electrons. The quantitative estimate of drug-likeness (QED) is 0.709. The molecular weight excluding hydrogens is 190 g/mol. The third-order valence-electron chi connectivity index (χ3n) is 2.16. The van der Waals surface area contributed by atoms with Gasteiger partial charge >= 0.3 is 0 Å². The highest BCUT2D eigenvalue weighted by Crippen LogP contribution is 2.26. The highest BCUT2D eigenvalue weighted by molar-refractivity contribution is 5.85. The van der Waals surface area contributed by atoms with Crippen molar-refractivity contribution in [3.8, 4) is 11.8 Å². The topological polar surface area (TPSA) is 71.9 Å². The summed E-state index contributed by atoms with van der Waals surface area (Å²) in [5.41, 5.74) is 7.58. The zero-order valence-corrected chi connectivity index (χ0v) is 8.19. The normalized spacial score (nSPS) is 9.87. The number of rotatable bonds is 1. The Balaban J connectivity index is 2.71. The smallest absolute Gasteiger partial charge is 0.143 e. The van der Waals surface area contributed by atoms with Gasteiger partial charge in [-0.3, -0.25) is 4.98 Å². The SMILES string of the molecule is COc1cc2ncc(C#N)cc2cc1N. The molecule has 0 bridgehead atoms. The third-order valence-corrected chi connectivity index (χ3v) is 2.16. The maximum absolute atomic E-state index is 8.72. The standard InChI is InChI=1S/C11H9N3O/c1-15-11-4-10-8(3-9(11)13)2-7(5-12)6-14-10/h2-4,6H,13H2,1H3. The van der Waals surface area contributed by atoms with E-state index in [9.17, 15) is 0 Å². The minimum Gasteiger partial charge on any atom is -0.495 e. The van der Waals surface area contributed by atoms with Gasteiger partial charge in [-0.25, -0.2) is 0 Å². The number of fused-ring (bicyclic) bond motifs is 1. The maximum atomic E-state index is 8.72. The van der Waals surface area contributed by atoms with Gasteiger partial charge in [-0.15, -0.1) is 0 Å². The molecular formula is C11H9N3O. The van der Waals surface area contributed by atoms with Crippen molar-refractivity contribution in [1.82, 2.24) is 4.98 Å². The third kappa shape index (κ3) is 1.55. The summed E-state index contributed by atoms with van der Waals surface area (Å²) in [7, 11) is 1.56. The lowest BCUT2D eigenvalue weighted by Crippen LogP contribution is -1.93. The van der Waals surface area contributed by atoms with Crippen LogP contribution in [-0.4, -0.2) is 12.1 Å². The van der Waals surface area contributed by atoms with Crippen molar-refractivity contribution in [2.75, 3.05) is 12.8 Å². The molecule has 15 heavy (non-hydrogen) atoms. The molecule has 0 saturated heterocycles. The average molecular weight is 199 g/mol. The zero-order chi connectivity index (χ0) is 10.8. The Labute approximate surface area is 86.9 Å².